The summed E-state index contributed by atoms with van der Waals surface area (Å²) in [5, 5.41) is 2.06. The summed E-state index contributed by atoms with van der Waals surface area (Å²) < 4.78 is 6.84. The maximum absolute atomic E-state index is 6.84. The van der Waals surface area contributed by atoms with Gasteiger partial charge in [0.2, 0.25) is 0 Å². The Morgan fingerprint density at radius 1 is 0.392 bits per heavy atom. The minimum Gasteiger partial charge on any atom is -0.455 e. The van der Waals surface area contributed by atoms with E-state index >= 15 is 0 Å². The van der Waals surface area contributed by atoms with Gasteiger partial charge in [0, 0.05) is 42.9 Å². The van der Waals surface area contributed by atoms with E-state index in [1.807, 2.05) is 78.5 Å². The Morgan fingerprint density at radius 3 is 1.47 bits per heavy atom. The highest BCUT2D eigenvalue weighted by atomic mass is 32.2. The van der Waals surface area contributed by atoms with E-state index in [0.717, 1.165) is 55.4 Å². The molecule has 0 spiro atoms. The van der Waals surface area contributed by atoms with E-state index in [0.29, 0.717) is 17.5 Å². The van der Waals surface area contributed by atoms with E-state index in [-0.39, 0.29) is 0 Å². The van der Waals surface area contributed by atoms with E-state index < -0.39 is 0 Å². The molecule has 0 aliphatic carbocycles. The second-order valence-corrected chi connectivity index (χ2v) is 13.5. The van der Waals surface area contributed by atoms with Gasteiger partial charge in [-0.15, -0.1) is 0 Å². The largest absolute Gasteiger partial charge is 0.455 e. The molecule has 6 heteroatoms. The van der Waals surface area contributed by atoms with E-state index in [2.05, 4.69) is 108 Å². The van der Waals surface area contributed by atoms with Crippen LogP contribution in [-0.4, -0.2) is 15.0 Å². The Kier molecular flexibility index (Phi) is 6.99. The van der Waals surface area contributed by atoms with Crippen molar-refractivity contribution < 1.29 is 4.42 Å². The molecule has 1 aliphatic heterocycles. The molecule has 3 heterocycles. The van der Waals surface area contributed by atoms with Crippen LogP contribution in [0.5, 0.6) is 0 Å². The van der Waals surface area contributed by atoms with Crippen molar-refractivity contribution in [2.24, 2.45) is 0 Å². The maximum Gasteiger partial charge on any atom is 0.167 e. The Balaban J connectivity index is 1.09. The Labute approximate surface area is 298 Å². The predicted octanol–water partition coefficient (Wildman–Crippen LogP) is 12.4. The number of furan rings is 1. The lowest BCUT2D eigenvalue weighted by Crippen LogP contribution is -2.14. The number of aromatic nitrogens is 3. The van der Waals surface area contributed by atoms with Gasteiger partial charge in [-0.2, -0.15) is 0 Å². The SMILES string of the molecule is c1ccc(-c2nc(-c3ccccc3)nc(-c3cccc4c3oc3c(-c5ccc(N6c7ccccc7Sc7ccccc76)cc5)cccc34)n2)cc1. The molecule has 0 saturated carbocycles. The van der Waals surface area contributed by atoms with Crippen LogP contribution in [0.2, 0.25) is 0 Å². The minimum absolute atomic E-state index is 0.568. The zero-order valence-electron chi connectivity index (χ0n) is 27.3. The van der Waals surface area contributed by atoms with Gasteiger partial charge in [0.15, 0.2) is 17.5 Å². The van der Waals surface area contributed by atoms with Crippen molar-refractivity contribution in [3.63, 3.8) is 0 Å². The summed E-state index contributed by atoms with van der Waals surface area (Å²) in [4.78, 5) is 19.7. The Morgan fingerprint density at radius 2 is 0.882 bits per heavy atom. The number of anilines is 3. The highest BCUT2D eigenvalue weighted by molar-refractivity contribution is 7.99. The summed E-state index contributed by atoms with van der Waals surface area (Å²) >= 11 is 1.82. The van der Waals surface area contributed by atoms with Crippen LogP contribution in [-0.2, 0) is 0 Å². The quantitative estimate of drug-likeness (QED) is 0.181. The maximum atomic E-state index is 6.84. The summed E-state index contributed by atoms with van der Waals surface area (Å²) in [6.45, 7) is 0. The molecular weight excluding hydrogens is 645 g/mol. The van der Waals surface area contributed by atoms with Crippen LogP contribution in [0, 0.1) is 0 Å². The number of hydrogen-bond acceptors (Lipinski definition) is 6. The summed E-state index contributed by atoms with van der Waals surface area (Å²) in [6.07, 6.45) is 0. The fourth-order valence-corrected chi connectivity index (χ4v) is 7.98. The number of nitrogens with zero attached hydrogens (tertiary/aromatic N) is 4. The molecule has 0 unspecified atom stereocenters. The lowest BCUT2D eigenvalue weighted by molar-refractivity contribution is 0.670. The molecule has 0 radical (unpaired) electrons. The Bertz CT molecular complexity index is 2620. The zero-order valence-corrected chi connectivity index (χ0v) is 28.1. The van der Waals surface area contributed by atoms with Crippen molar-refractivity contribution in [2.45, 2.75) is 9.79 Å². The molecule has 0 bridgehead atoms. The molecule has 1 aliphatic rings. The highest BCUT2D eigenvalue weighted by Crippen LogP contribution is 2.51. The van der Waals surface area contributed by atoms with Gasteiger partial charge in [-0.1, -0.05) is 139 Å². The number of rotatable bonds is 5. The zero-order chi connectivity index (χ0) is 33.7. The second-order valence-electron chi connectivity index (χ2n) is 12.4. The van der Waals surface area contributed by atoms with Gasteiger partial charge in [0.1, 0.15) is 11.2 Å². The van der Waals surface area contributed by atoms with Gasteiger partial charge in [-0.05, 0) is 48.0 Å². The third-order valence-corrected chi connectivity index (χ3v) is 10.5. The monoisotopic (exact) mass is 672 g/mol. The molecule has 0 atom stereocenters. The van der Waals surface area contributed by atoms with Crippen molar-refractivity contribution in [3.05, 3.63) is 170 Å². The third kappa shape index (κ3) is 5.07. The van der Waals surface area contributed by atoms with Crippen molar-refractivity contribution >= 4 is 50.8 Å². The molecule has 0 fully saturated rings. The van der Waals surface area contributed by atoms with Crippen LogP contribution in [0.4, 0.5) is 17.1 Å². The first-order valence-electron chi connectivity index (χ1n) is 16.9. The number of fused-ring (bicyclic) bond motifs is 5. The summed E-state index contributed by atoms with van der Waals surface area (Å²) in [7, 11) is 0. The molecule has 10 rings (SSSR count). The third-order valence-electron chi connectivity index (χ3n) is 9.33. The lowest BCUT2D eigenvalue weighted by atomic mass is 10.0. The van der Waals surface area contributed by atoms with Gasteiger partial charge in [-0.25, -0.2) is 15.0 Å². The van der Waals surface area contributed by atoms with Crippen LogP contribution in [0.15, 0.2) is 184 Å². The lowest BCUT2D eigenvalue weighted by Gasteiger charge is -2.32. The molecule has 0 amide bonds. The molecule has 7 aromatic carbocycles. The van der Waals surface area contributed by atoms with E-state index in [1.165, 1.54) is 21.2 Å². The van der Waals surface area contributed by atoms with Gasteiger partial charge >= 0.3 is 0 Å². The van der Waals surface area contributed by atoms with Gasteiger partial charge in [0.25, 0.3) is 0 Å². The van der Waals surface area contributed by atoms with E-state index in [1.54, 1.807) is 0 Å². The van der Waals surface area contributed by atoms with Crippen LogP contribution in [0.3, 0.4) is 0 Å². The topological polar surface area (TPSA) is 55.1 Å². The summed E-state index contributed by atoms with van der Waals surface area (Å²) in [5.41, 5.74) is 9.84. The standard InChI is InChI=1S/C45H28N4OS/c1-3-13-30(14-4-1)43-46-44(31-15-5-2-6-16-31)48-45(47-43)36-20-12-19-35-34-18-11-17-33(41(34)50-42(35)36)29-25-27-32(28-26-29)49-37-21-7-9-23-39(37)51-40-24-10-8-22-38(40)49/h1-28H. The molecule has 0 N–H and O–H groups in total. The van der Waals surface area contributed by atoms with Crippen molar-refractivity contribution in [1.82, 2.24) is 15.0 Å². The Hall–Kier alpha value is -6.50. The summed E-state index contributed by atoms with van der Waals surface area (Å²) in [6, 6.07) is 58.6. The molecule has 240 valence electrons. The first kappa shape index (κ1) is 29.4. The fourth-order valence-electron chi connectivity index (χ4n) is 6.93. The number of para-hydroxylation sites is 4. The highest BCUT2D eigenvalue weighted by Gasteiger charge is 2.25. The fraction of sp³-hybridized carbons (Fsp3) is 0. The first-order chi connectivity index (χ1) is 25.3. The molecule has 0 saturated heterocycles. The second kappa shape index (κ2) is 12.1. The summed E-state index contributed by atoms with van der Waals surface area (Å²) in [5.74, 6) is 1.80. The van der Waals surface area contributed by atoms with Gasteiger partial charge in [0.05, 0.1) is 16.9 Å². The average molecular weight is 673 g/mol. The molecule has 5 nitrogen and oxygen atoms in total. The smallest absolute Gasteiger partial charge is 0.167 e. The first-order valence-corrected chi connectivity index (χ1v) is 17.7. The van der Waals surface area contributed by atoms with E-state index in [9.17, 15) is 0 Å². The van der Waals surface area contributed by atoms with Crippen LogP contribution >= 0.6 is 11.8 Å². The van der Waals surface area contributed by atoms with Gasteiger partial charge < -0.3 is 9.32 Å². The van der Waals surface area contributed by atoms with Crippen molar-refractivity contribution in [3.8, 4) is 45.3 Å². The normalized spacial score (nSPS) is 12.2. The molecular formula is C45H28N4OS. The minimum atomic E-state index is 0.568. The van der Waals surface area contributed by atoms with Gasteiger partial charge in [-0.3, -0.25) is 0 Å². The molecule has 9 aromatic rings. The molecule has 2 aromatic heterocycles. The van der Waals surface area contributed by atoms with E-state index in [4.69, 9.17) is 19.4 Å². The number of benzene rings is 7. The van der Waals surface area contributed by atoms with Crippen LogP contribution in [0.1, 0.15) is 0 Å². The number of hydrogen-bond donors (Lipinski definition) is 0. The average Bonchev–Trinajstić information content (AvgIpc) is 3.60. The van der Waals surface area contributed by atoms with Crippen molar-refractivity contribution in [1.29, 1.82) is 0 Å². The van der Waals surface area contributed by atoms with Crippen molar-refractivity contribution in [2.75, 3.05) is 4.90 Å². The molecule has 51 heavy (non-hydrogen) atoms. The van der Waals surface area contributed by atoms with Crippen LogP contribution in [0.25, 0.3) is 67.2 Å². The van der Waals surface area contributed by atoms with Crippen LogP contribution < -0.4 is 4.90 Å². The predicted molar refractivity (Wildman–Crippen MR) is 208 cm³/mol.